The molecule has 0 aromatic carbocycles. The SMILES string of the molecule is ON=C1C=CCc2ncsc21. The maximum Gasteiger partial charge on any atom is 0.121 e. The molecule has 11 heavy (non-hydrogen) atoms. The van der Waals surface area contributed by atoms with Crippen molar-refractivity contribution in [2.24, 2.45) is 5.16 Å². The minimum atomic E-state index is 0.619. The molecule has 1 aromatic rings. The van der Waals surface area contributed by atoms with Crippen molar-refractivity contribution in [2.45, 2.75) is 6.42 Å². The largest absolute Gasteiger partial charge is 0.410 e. The molecule has 1 aliphatic rings. The predicted octanol–water partition coefficient (Wildman–Crippen LogP) is 1.43. The van der Waals surface area contributed by atoms with E-state index < -0.39 is 0 Å². The summed E-state index contributed by atoms with van der Waals surface area (Å²) in [6.45, 7) is 0. The number of fused-ring (bicyclic) bond motifs is 1. The molecule has 0 unspecified atom stereocenters. The van der Waals surface area contributed by atoms with Crippen LogP contribution in [0.4, 0.5) is 0 Å². The number of aromatic nitrogens is 1. The number of hydrogen-bond donors (Lipinski definition) is 1. The smallest absolute Gasteiger partial charge is 0.121 e. The van der Waals surface area contributed by atoms with Crippen LogP contribution in [-0.2, 0) is 6.42 Å². The number of thiazole rings is 1. The average Bonchev–Trinajstić information content (AvgIpc) is 2.50. The molecule has 0 spiro atoms. The van der Waals surface area contributed by atoms with Crippen molar-refractivity contribution in [1.29, 1.82) is 0 Å². The van der Waals surface area contributed by atoms with Crippen LogP contribution < -0.4 is 0 Å². The summed E-state index contributed by atoms with van der Waals surface area (Å²) in [6, 6.07) is 0. The van der Waals surface area contributed by atoms with Gasteiger partial charge < -0.3 is 5.21 Å². The summed E-state index contributed by atoms with van der Waals surface area (Å²) in [5.41, 5.74) is 3.39. The van der Waals surface area contributed by atoms with E-state index in [0.717, 1.165) is 17.0 Å². The van der Waals surface area contributed by atoms with Crippen molar-refractivity contribution in [3.63, 3.8) is 0 Å². The minimum absolute atomic E-state index is 0.619. The standard InChI is InChI=1S/C7H6N2OS/c10-9-6-3-1-2-5-7(6)11-4-8-5/h1,3-4,10H,2H2. The van der Waals surface area contributed by atoms with Crippen molar-refractivity contribution in [3.05, 3.63) is 28.2 Å². The molecule has 2 rings (SSSR count). The molecule has 1 aromatic heterocycles. The van der Waals surface area contributed by atoms with E-state index in [9.17, 15) is 0 Å². The van der Waals surface area contributed by atoms with Crippen LogP contribution in [0.5, 0.6) is 0 Å². The molecule has 0 atom stereocenters. The zero-order chi connectivity index (χ0) is 7.68. The molecule has 0 aliphatic heterocycles. The van der Waals surface area contributed by atoms with Crippen molar-refractivity contribution in [2.75, 3.05) is 0 Å². The van der Waals surface area contributed by atoms with Crippen LogP contribution in [0.25, 0.3) is 0 Å². The van der Waals surface area contributed by atoms with Crippen molar-refractivity contribution >= 4 is 17.0 Å². The Kier molecular flexibility index (Phi) is 1.47. The van der Waals surface area contributed by atoms with Gasteiger partial charge in [0.15, 0.2) is 0 Å². The number of nitrogens with zero attached hydrogens (tertiary/aromatic N) is 2. The van der Waals surface area contributed by atoms with Crippen LogP contribution in [0.15, 0.2) is 22.8 Å². The Bertz CT molecular complexity index is 327. The molecule has 0 radical (unpaired) electrons. The molecular weight excluding hydrogens is 160 g/mol. The van der Waals surface area contributed by atoms with Gasteiger partial charge in [-0.25, -0.2) is 4.98 Å². The Morgan fingerprint density at radius 2 is 2.55 bits per heavy atom. The molecule has 0 saturated heterocycles. The van der Waals surface area contributed by atoms with Gasteiger partial charge in [0.2, 0.25) is 0 Å². The van der Waals surface area contributed by atoms with Gasteiger partial charge in [0.25, 0.3) is 0 Å². The first-order valence-electron chi connectivity index (χ1n) is 3.23. The van der Waals surface area contributed by atoms with Gasteiger partial charge in [0.1, 0.15) is 5.71 Å². The quantitative estimate of drug-likeness (QED) is 0.468. The number of oxime groups is 1. The third-order valence-corrected chi connectivity index (χ3v) is 2.46. The lowest BCUT2D eigenvalue weighted by Crippen LogP contribution is -2.03. The highest BCUT2D eigenvalue weighted by atomic mass is 32.1. The fourth-order valence-electron chi connectivity index (χ4n) is 1.06. The lowest BCUT2D eigenvalue weighted by Gasteiger charge is -2.02. The summed E-state index contributed by atoms with van der Waals surface area (Å²) < 4.78 is 0. The molecule has 0 fully saturated rings. The summed E-state index contributed by atoms with van der Waals surface area (Å²) in [5, 5.41) is 11.7. The van der Waals surface area contributed by atoms with E-state index in [2.05, 4.69) is 10.1 Å². The van der Waals surface area contributed by atoms with Gasteiger partial charge >= 0.3 is 0 Å². The van der Waals surface area contributed by atoms with Gasteiger partial charge in [0.05, 0.1) is 16.1 Å². The van der Waals surface area contributed by atoms with Crippen molar-refractivity contribution in [1.82, 2.24) is 4.98 Å². The second kappa shape index (κ2) is 2.47. The zero-order valence-corrected chi connectivity index (χ0v) is 6.51. The monoisotopic (exact) mass is 166 g/mol. The van der Waals surface area contributed by atoms with E-state index in [1.165, 1.54) is 11.3 Å². The summed E-state index contributed by atoms with van der Waals surface area (Å²) in [7, 11) is 0. The molecule has 0 amide bonds. The summed E-state index contributed by atoms with van der Waals surface area (Å²) >= 11 is 1.50. The van der Waals surface area contributed by atoms with Crippen LogP contribution >= 0.6 is 11.3 Å². The summed E-state index contributed by atoms with van der Waals surface area (Å²) in [4.78, 5) is 5.11. The first kappa shape index (κ1) is 6.54. The van der Waals surface area contributed by atoms with Gasteiger partial charge in [-0.2, -0.15) is 0 Å². The van der Waals surface area contributed by atoms with Crippen LogP contribution in [0.3, 0.4) is 0 Å². The molecule has 0 saturated carbocycles. The number of rotatable bonds is 0. The lowest BCUT2D eigenvalue weighted by atomic mass is 10.1. The molecule has 4 heteroatoms. The highest BCUT2D eigenvalue weighted by Gasteiger charge is 2.13. The highest BCUT2D eigenvalue weighted by molar-refractivity contribution is 7.12. The molecule has 1 aliphatic carbocycles. The molecule has 3 nitrogen and oxygen atoms in total. The van der Waals surface area contributed by atoms with E-state index in [-0.39, 0.29) is 0 Å². The summed E-state index contributed by atoms with van der Waals surface area (Å²) in [5.74, 6) is 0. The van der Waals surface area contributed by atoms with E-state index in [1.54, 1.807) is 11.6 Å². The summed E-state index contributed by atoms with van der Waals surface area (Å²) in [6.07, 6.45) is 4.59. The molecule has 56 valence electrons. The Balaban J connectivity index is 2.55. The predicted molar refractivity (Wildman–Crippen MR) is 43.3 cm³/mol. The second-order valence-electron chi connectivity index (χ2n) is 2.22. The average molecular weight is 166 g/mol. The Hall–Kier alpha value is -1.16. The number of hydrogen-bond acceptors (Lipinski definition) is 4. The Labute approximate surface area is 67.7 Å². The lowest BCUT2D eigenvalue weighted by molar-refractivity contribution is 0.320. The Morgan fingerprint density at radius 3 is 3.36 bits per heavy atom. The zero-order valence-electron chi connectivity index (χ0n) is 5.69. The van der Waals surface area contributed by atoms with Crippen LogP contribution in [0.1, 0.15) is 10.6 Å². The first-order valence-corrected chi connectivity index (χ1v) is 4.11. The maximum atomic E-state index is 8.57. The van der Waals surface area contributed by atoms with E-state index in [1.807, 2.05) is 6.08 Å². The van der Waals surface area contributed by atoms with Gasteiger partial charge in [0, 0.05) is 6.42 Å². The third-order valence-electron chi connectivity index (χ3n) is 1.57. The van der Waals surface area contributed by atoms with Gasteiger partial charge in [-0.15, -0.1) is 11.3 Å². The van der Waals surface area contributed by atoms with E-state index >= 15 is 0 Å². The van der Waals surface area contributed by atoms with Crippen molar-refractivity contribution in [3.8, 4) is 0 Å². The number of allylic oxidation sites excluding steroid dienone is 2. The fraction of sp³-hybridized carbons (Fsp3) is 0.143. The van der Waals surface area contributed by atoms with E-state index in [0.29, 0.717) is 5.71 Å². The molecule has 1 heterocycles. The van der Waals surface area contributed by atoms with Crippen LogP contribution in [0.2, 0.25) is 0 Å². The van der Waals surface area contributed by atoms with Gasteiger partial charge in [-0.05, 0) is 6.08 Å². The van der Waals surface area contributed by atoms with Gasteiger partial charge in [-0.1, -0.05) is 11.2 Å². The first-order chi connectivity index (χ1) is 5.42. The van der Waals surface area contributed by atoms with Gasteiger partial charge in [-0.3, -0.25) is 0 Å². The highest BCUT2D eigenvalue weighted by Crippen LogP contribution is 2.19. The van der Waals surface area contributed by atoms with Crippen LogP contribution in [0, 0.1) is 0 Å². The molecule has 0 bridgehead atoms. The second-order valence-corrected chi connectivity index (χ2v) is 3.07. The normalized spacial score (nSPS) is 18.7. The Morgan fingerprint density at radius 1 is 1.64 bits per heavy atom. The topological polar surface area (TPSA) is 45.5 Å². The van der Waals surface area contributed by atoms with E-state index in [4.69, 9.17) is 5.21 Å². The minimum Gasteiger partial charge on any atom is -0.410 e. The van der Waals surface area contributed by atoms with Crippen molar-refractivity contribution < 1.29 is 5.21 Å². The molecule has 1 N–H and O–H groups in total. The third kappa shape index (κ3) is 0.952. The fourth-order valence-corrected chi connectivity index (χ4v) is 1.85. The maximum absolute atomic E-state index is 8.57. The van der Waals surface area contributed by atoms with Crippen LogP contribution in [-0.4, -0.2) is 15.9 Å². The molecular formula is C7H6N2OS.